The van der Waals surface area contributed by atoms with Crippen LogP contribution in [0.1, 0.15) is 17.7 Å². The van der Waals surface area contributed by atoms with Crippen molar-refractivity contribution in [2.24, 2.45) is 5.73 Å². The van der Waals surface area contributed by atoms with E-state index in [1.165, 1.54) is 5.56 Å². The molecule has 1 aliphatic rings. The lowest BCUT2D eigenvalue weighted by atomic mass is 10.0. The number of hydrogen-bond acceptors (Lipinski definition) is 4. The molecule has 0 bridgehead atoms. The van der Waals surface area contributed by atoms with Crippen LogP contribution in [0.5, 0.6) is 5.75 Å². The van der Waals surface area contributed by atoms with E-state index in [9.17, 15) is 0 Å². The van der Waals surface area contributed by atoms with Gasteiger partial charge in [0.25, 0.3) is 0 Å². The van der Waals surface area contributed by atoms with Crippen LogP contribution >= 0.6 is 27.3 Å². The van der Waals surface area contributed by atoms with Crippen molar-refractivity contribution < 1.29 is 4.74 Å². The highest BCUT2D eigenvalue weighted by Gasteiger charge is 2.14. The third-order valence-electron chi connectivity index (χ3n) is 3.00. The van der Waals surface area contributed by atoms with Gasteiger partial charge in [0.05, 0.1) is 16.1 Å². The predicted octanol–water partition coefficient (Wildman–Crippen LogP) is 3.36. The zero-order valence-electron chi connectivity index (χ0n) is 9.78. The third-order valence-corrected chi connectivity index (χ3v) is 4.88. The van der Waals surface area contributed by atoms with E-state index >= 15 is 0 Å². The van der Waals surface area contributed by atoms with Gasteiger partial charge in [0.15, 0.2) is 0 Å². The van der Waals surface area contributed by atoms with Crippen molar-refractivity contribution in [2.75, 3.05) is 6.61 Å². The monoisotopic (exact) mass is 324 g/mol. The molecule has 5 heteroatoms. The minimum atomic E-state index is 0.463. The summed E-state index contributed by atoms with van der Waals surface area (Å²) in [6, 6.07) is 6.29. The zero-order chi connectivity index (χ0) is 12.5. The van der Waals surface area contributed by atoms with Crippen LogP contribution in [0.3, 0.4) is 0 Å². The fourth-order valence-electron chi connectivity index (χ4n) is 2.08. The topological polar surface area (TPSA) is 48.1 Å². The summed E-state index contributed by atoms with van der Waals surface area (Å²) >= 11 is 5.13. The van der Waals surface area contributed by atoms with E-state index in [1.54, 1.807) is 11.3 Å². The normalized spacial score (nSPS) is 14.1. The largest absolute Gasteiger partial charge is 0.493 e. The highest BCUT2D eigenvalue weighted by atomic mass is 79.9. The number of aryl methyl sites for hydroxylation is 1. The summed E-state index contributed by atoms with van der Waals surface area (Å²) < 4.78 is 6.64. The van der Waals surface area contributed by atoms with Gasteiger partial charge in [0, 0.05) is 12.1 Å². The first kappa shape index (κ1) is 12.1. The number of thiazole rings is 1. The zero-order valence-corrected chi connectivity index (χ0v) is 12.2. The summed E-state index contributed by atoms with van der Waals surface area (Å²) in [5.41, 5.74) is 8.99. The maximum absolute atomic E-state index is 5.65. The molecule has 18 heavy (non-hydrogen) atoms. The molecule has 2 N–H and O–H groups in total. The van der Waals surface area contributed by atoms with E-state index in [1.807, 2.05) is 6.07 Å². The Bertz CT molecular complexity index is 582. The molecule has 2 heterocycles. The van der Waals surface area contributed by atoms with Crippen molar-refractivity contribution >= 4 is 27.3 Å². The van der Waals surface area contributed by atoms with Crippen LogP contribution in [0.15, 0.2) is 22.0 Å². The molecule has 0 saturated carbocycles. The molecule has 0 amide bonds. The molecule has 3 nitrogen and oxygen atoms in total. The first-order chi connectivity index (χ1) is 8.78. The number of fused-ring (bicyclic) bond motifs is 1. The van der Waals surface area contributed by atoms with Crippen LogP contribution in [0, 0.1) is 0 Å². The Balaban J connectivity index is 2.00. The molecule has 3 rings (SSSR count). The lowest BCUT2D eigenvalue weighted by Gasteiger charge is -2.17. The van der Waals surface area contributed by atoms with E-state index in [-0.39, 0.29) is 0 Å². The number of aromatic nitrogens is 1. The maximum atomic E-state index is 5.65. The van der Waals surface area contributed by atoms with E-state index in [2.05, 4.69) is 33.0 Å². The fourth-order valence-corrected chi connectivity index (χ4v) is 3.60. The van der Waals surface area contributed by atoms with Crippen molar-refractivity contribution in [3.05, 3.63) is 33.2 Å². The number of nitrogens with two attached hydrogens (primary N) is 1. The Morgan fingerprint density at radius 2 is 2.33 bits per heavy atom. The van der Waals surface area contributed by atoms with Crippen LogP contribution in [-0.2, 0) is 13.0 Å². The predicted molar refractivity (Wildman–Crippen MR) is 77.0 cm³/mol. The SMILES string of the molecule is NCc1nc(-c2ccc3c(c2)CCCO3)sc1Br. The lowest BCUT2D eigenvalue weighted by molar-refractivity contribution is 0.288. The molecule has 1 aliphatic heterocycles. The quantitative estimate of drug-likeness (QED) is 0.921. The molecule has 0 atom stereocenters. The number of ether oxygens (including phenoxy) is 1. The summed E-state index contributed by atoms with van der Waals surface area (Å²) in [7, 11) is 0. The lowest BCUT2D eigenvalue weighted by Crippen LogP contribution is -2.08. The van der Waals surface area contributed by atoms with Gasteiger partial charge in [-0.2, -0.15) is 0 Å². The summed E-state index contributed by atoms with van der Waals surface area (Å²) in [6.07, 6.45) is 2.17. The van der Waals surface area contributed by atoms with Crippen LogP contribution in [0.25, 0.3) is 10.6 Å². The Morgan fingerprint density at radius 1 is 1.44 bits per heavy atom. The van der Waals surface area contributed by atoms with Crippen LogP contribution in [-0.4, -0.2) is 11.6 Å². The molecule has 0 spiro atoms. The van der Waals surface area contributed by atoms with Crippen molar-refractivity contribution in [2.45, 2.75) is 19.4 Å². The summed E-state index contributed by atoms with van der Waals surface area (Å²) in [5.74, 6) is 1.01. The molecule has 0 saturated heterocycles. The second-order valence-electron chi connectivity index (χ2n) is 4.22. The molecule has 1 aromatic carbocycles. The smallest absolute Gasteiger partial charge is 0.124 e. The molecular weight excluding hydrogens is 312 g/mol. The Kier molecular flexibility index (Phi) is 3.37. The van der Waals surface area contributed by atoms with E-state index < -0.39 is 0 Å². The summed E-state index contributed by atoms with van der Waals surface area (Å²) in [6.45, 7) is 1.29. The summed E-state index contributed by atoms with van der Waals surface area (Å²) in [4.78, 5) is 4.55. The van der Waals surface area contributed by atoms with E-state index in [4.69, 9.17) is 10.5 Å². The minimum absolute atomic E-state index is 0.463. The van der Waals surface area contributed by atoms with Crippen LogP contribution < -0.4 is 10.5 Å². The van der Waals surface area contributed by atoms with Gasteiger partial charge in [-0.1, -0.05) is 0 Å². The molecule has 1 aromatic heterocycles. The van der Waals surface area contributed by atoms with E-state index in [0.717, 1.165) is 45.2 Å². The number of benzene rings is 1. The van der Waals surface area contributed by atoms with Crippen molar-refractivity contribution in [1.82, 2.24) is 4.98 Å². The van der Waals surface area contributed by atoms with Crippen molar-refractivity contribution in [3.8, 4) is 16.3 Å². The summed E-state index contributed by atoms with van der Waals surface area (Å²) in [5, 5.41) is 1.01. The molecule has 0 fully saturated rings. The highest BCUT2D eigenvalue weighted by Crippen LogP contribution is 2.35. The van der Waals surface area contributed by atoms with E-state index in [0.29, 0.717) is 6.54 Å². The van der Waals surface area contributed by atoms with Gasteiger partial charge in [-0.3, -0.25) is 0 Å². The van der Waals surface area contributed by atoms with Crippen molar-refractivity contribution in [3.63, 3.8) is 0 Å². The first-order valence-corrected chi connectivity index (χ1v) is 7.50. The maximum Gasteiger partial charge on any atom is 0.124 e. The first-order valence-electron chi connectivity index (χ1n) is 5.89. The molecule has 94 valence electrons. The Morgan fingerprint density at radius 3 is 3.11 bits per heavy atom. The number of nitrogens with zero attached hydrogens (tertiary/aromatic N) is 1. The number of halogens is 1. The van der Waals surface area contributed by atoms with Gasteiger partial charge >= 0.3 is 0 Å². The molecule has 0 unspecified atom stereocenters. The third kappa shape index (κ3) is 2.18. The van der Waals surface area contributed by atoms with Gasteiger partial charge in [-0.05, 0) is 52.5 Å². The standard InChI is InChI=1S/C13H13BrN2OS/c14-12-10(7-15)16-13(18-12)9-3-4-11-8(6-9)2-1-5-17-11/h3-4,6H,1-2,5,7,15H2. The second-order valence-corrected chi connectivity index (χ2v) is 6.54. The number of hydrogen-bond donors (Lipinski definition) is 1. The van der Waals surface area contributed by atoms with Crippen molar-refractivity contribution in [1.29, 1.82) is 0 Å². The van der Waals surface area contributed by atoms with Crippen LogP contribution in [0.4, 0.5) is 0 Å². The second kappa shape index (κ2) is 4.99. The number of rotatable bonds is 2. The molecule has 2 aromatic rings. The minimum Gasteiger partial charge on any atom is -0.493 e. The highest BCUT2D eigenvalue weighted by molar-refractivity contribution is 9.11. The average Bonchev–Trinajstić information content (AvgIpc) is 2.79. The van der Waals surface area contributed by atoms with Gasteiger partial charge in [-0.15, -0.1) is 11.3 Å². The fraction of sp³-hybridized carbons (Fsp3) is 0.308. The average molecular weight is 325 g/mol. The molecule has 0 radical (unpaired) electrons. The van der Waals surface area contributed by atoms with Gasteiger partial charge in [0.1, 0.15) is 10.8 Å². The molecular formula is C13H13BrN2OS. The molecule has 0 aliphatic carbocycles. The Hall–Kier alpha value is -0.910. The van der Waals surface area contributed by atoms with Gasteiger partial charge in [-0.25, -0.2) is 4.98 Å². The Labute approximate surface area is 118 Å². The van der Waals surface area contributed by atoms with Gasteiger partial charge < -0.3 is 10.5 Å². The van der Waals surface area contributed by atoms with Crippen LogP contribution in [0.2, 0.25) is 0 Å². The van der Waals surface area contributed by atoms with Gasteiger partial charge in [0.2, 0.25) is 0 Å².